The van der Waals surface area contributed by atoms with Crippen molar-refractivity contribution in [3.05, 3.63) is 61.7 Å². The zero-order valence-electron chi connectivity index (χ0n) is 10.4. The predicted molar refractivity (Wildman–Crippen MR) is 87.4 cm³/mol. The molecule has 0 aliphatic carbocycles. The van der Waals surface area contributed by atoms with Crippen molar-refractivity contribution in [1.82, 2.24) is 0 Å². The third-order valence-corrected chi connectivity index (χ3v) is 3.89. The zero-order chi connectivity index (χ0) is 13.1. The summed E-state index contributed by atoms with van der Waals surface area (Å²) in [7, 11) is 0. The molecule has 0 fully saturated rings. The molecule has 0 atom stereocenters. The Balaban J connectivity index is 2.13. The van der Waals surface area contributed by atoms with E-state index in [1.54, 1.807) is 0 Å². The van der Waals surface area contributed by atoms with Gasteiger partial charge >= 0.3 is 0 Å². The molecule has 0 heterocycles. The van der Waals surface area contributed by atoms with Crippen molar-refractivity contribution in [3.8, 4) is 0 Å². The first kappa shape index (κ1) is 13.7. The SMILES string of the molecule is Cc1ccc(C)c(CNc2ccc(I)cc2Cl)c1. The van der Waals surface area contributed by atoms with Crippen molar-refractivity contribution in [2.24, 2.45) is 0 Å². The summed E-state index contributed by atoms with van der Waals surface area (Å²) in [5.74, 6) is 0. The molecule has 3 heteroatoms. The highest BCUT2D eigenvalue weighted by Gasteiger charge is 2.02. The van der Waals surface area contributed by atoms with Crippen LogP contribution in [0.15, 0.2) is 36.4 Å². The van der Waals surface area contributed by atoms with E-state index in [1.807, 2.05) is 12.1 Å². The zero-order valence-corrected chi connectivity index (χ0v) is 13.3. The summed E-state index contributed by atoms with van der Waals surface area (Å²) in [5, 5.41) is 4.16. The first-order chi connectivity index (χ1) is 8.56. The molecular weight excluding hydrogens is 357 g/mol. The van der Waals surface area contributed by atoms with Crippen molar-refractivity contribution < 1.29 is 0 Å². The van der Waals surface area contributed by atoms with Crippen LogP contribution in [-0.4, -0.2) is 0 Å². The predicted octanol–water partition coefficient (Wildman–Crippen LogP) is 5.17. The van der Waals surface area contributed by atoms with Crippen LogP contribution in [0.1, 0.15) is 16.7 Å². The molecule has 0 aromatic heterocycles. The number of hydrogen-bond acceptors (Lipinski definition) is 1. The average Bonchev–Trinajstić information content (AvgIpc) is 2.32. The Morgan fingerprint density at radius 3 is 2.61 bits per heavy atom. The fraction of sp³-hybridized carbons (Fsp3) is 0.200. The highest BCUT2D eigenvalue weighted by molar-refractivity contribution is 14.1. The largest absolute Gasteiger partial charge is 0.380 e. The van der Waals surface area contributed by atoms with Gasteiger partial charge in [-0.15, -0.1) is 0 Å². The number of benzene rings is 2. The van der Waals surface area contributed by atoms with E-state index in [9.17, 15) is 0 Å². The van der Waals surface area contributed by atoms with Crippen molar-refractivity contribution in [3.63, 3.8) is 0 Å². The Bertz CT molecular complexity index is 566. The van der Waals surface area contributed by atoms with E-state index in [4.69, 9.17) is 11.6 Å². The summed E-state index contributed by atoms with van der Waals surface area (Å²) in [6.45, 7) is 5.04. The van der Waals surface area contributed by atoms with E-state index in [0.717, 1.165) is 20.8 Å². The van der Waals surface area contributed by atoms with E-state index in [0.29, 0.717) is 0 Å². The molecular formula is C15H15ClIN. The quantitative estimate of drug-likeness (QED) is 0.734. The molecule has 0 aliphatic heterocycles. The van der Waals surface area contributed by atoms with Crippen molar-refractivity contribution in [2.75, 3.05) is 5.32 Å². The second kappa shape index (κ2) is 5.93. The third-order valence-electron chi connectivity index (χ3n) is 2.91. The van der Waals surface area contributed by atoms with E-state index in [2.05, 4.69) is 66.0 Å². The van der Waals surface area contributed by atoms with Crippen LogP contribution in [-0.2, 0) is 6.54 Å². The molecule has 0 bridgehead atoms. The lowest BCUT2D eigenvalue weighted by Gasteiger charge is -2.11. The second-order valence-electron chi connectivity index (χ2n) is 4.41. The van der Waals surface area contributed by atoms with Crippen LogP contribution in [0.25, 0.3) is 0 Å². The van der Waals surface area contributed by atoms with Gasteiger partial charge < -0.3 is 5.32 Å². The first-order valence-corrected chi connectivity index (χ1v) is 7.27. The van der Waals surface area contributed by atoms with Crippen molar-refractivity contribution >= 4 is 39.9 Å². The Morgan fingerprint density at radius 2 is 1.89 bits per heavy atom. The number of nitrogens with one attached hydrogen (secondary N) is 1. The van der Waals surface area contributed by atoms with Gasteiger partial charge in [0, 0.05) is 10.1 Å². The van der Waals surface area contributed by atoms with Gasteiger partial charge in [-0.2, -0.15) is 0 Å². The highest BCUT2D eigenvalue weighted by atomic mass is 127. The van der Waals surface area contributed by atoms with Gasteiger partial charge in [0.25, 0.3) is 0 Å². The van der Waals surface area contributed by atoms with E-state index in [1.165, 1.54) is 16.7 Å². The molecule has 0 spiro atoms. The topological polar surface area (TPSA) is 12.0 Å². The lowest BCUT2D eigenvalue weighted by molar-refractivity contribution is 1.11. The van der Waals surface area contributed by atoms with Crippen LogP contribution in [0, 0.1) is 17.4 Å². The summed E-state index contributed by atoms with van der Waals surface area (Å²) in [6.07, 6.45) is 0. The molecule has 0 saturated carbocycles. The summed E-state index contributed by atoms with van der Waals surface area (Å²) in [6, 6.07) is 12.5. The molecule has 1 nitrogen and oxygen atoms in total. The molecule has 0 unspecified atom stereocenters. The van der Waals surface area contributed by atoms with E-state index < -0.39 is 0 Å². The fourth-order valence-electron chi connectivity index (χ4n) is 1.81. The van der Waals surface area contributed by atoms with Crippen LogP contribution >= 0.6 is 34.2 Å². The van der Waals surface area contributed by atoms with Crippen molar-refractivity contribution in [2.45, 2.75) is 20.4 Å². The maximum Gasteiger partial charge on any atom is 0.0648 e. The fourth-order valence-corrected chi connectivity index (χ4v) is 2.74. The normalized spacial score (nSPS) is 10.4. The van der Waals surface area contributed by atoms with Crippen LogP contribution in [0.3, 0.4) is 0 Å². The monoisotopic (exact) mass is 371 g/mol. The molecule has 2 rings (SSSR count). The summed E-state index contributed by atoms with van der Waals surface area (Å²) in [5.41, 5.74) is 4.88. The molecule has 0 saturated heterocycles. The Kier molecular flexibility index (Phi) is 4.51. The van der Waals surface area contributed by atoms with Crippen LogP contribution in [0.2, 0.25) is 5.02 Å². The smallest absolute Gasteiger partial charge is 0.0648 e. The van der Waals surface area contributed by atoms with E-state index in [-0.39, 0.29) is 0 Å². The maximum absolute atomic E-state index is 6.20. The van der Waals surface area contributed by atoms with Gasteiger partial charge in [-0.05, 0) is 65.8 Å². The van der Waals surface area contributed by atoms with Gasteiger partial charge in [0.05, 0.1) is 10.7 Å². The van der Waals surface area contributed by atoms with Gasteiger partial charge in [0.1, 0.15) is 0 Å². The molecule has 0 amide bonds. The van der Waals surface area contributed by atoms with Crippen LogP contribution in [0.4, 0.5) is 5.69 Å². The molecule has 1 N–H and O–H groups in total. The van der Waals surface area contributed by atoms with Gasteiger partial charge in [-0.1, -0.05) is 35.4 Å². The Hall–Kier alpha value is -0.740. The average molecular weight is 372 g/mol. The Labute approximate surface area is 127 Å². The molecule has 0 aliphatic rings. The van der Waals surface area contributed by atoms with Gasteiger partial charge in [-0.25, -0.2) is 0 Å². The molecule has 2 aromatic rings. The molecule has 0 radical (unpaired) electrons. The van der Waals surface area contributed by atoms with Gasteiger partial charge in [0.2, 0.25) is 0 Å². The highest BCUT2D eigenvalue weighted by Crippen LogP contribution is 2.24. The lowest BCUT2D eigenvalue weighted by atomic mass is 10.1. The minimum absolute atomic E-state index is 0.771. The van der Waals surface area contributed by atoms with Crippen LogP contribution in [0.5, 0.6) is 0 Å². The maximum atomic E-state index is 6.20. The minimum Gasteiger partial charge on any atom is -0.380 e. The molecule has 18 heavy (non-hydrogen) atoms. The third kappa shape index (κ3) is 3.39. The number of anilines is 1. The van der Waals surface area contributed by atoms with Crippen LogP contribution < -0.4 is 5.32 Å². The van der Waals surface area contributed by atoms with Gasteiger partial charge in [0.15, 0.2) is 0 Å². The molecule has 94 valence electrons. The number of hydrogen-bond donors (Lipinski definition) is 1. The number of rotatable bonds is 3. The summed E-state index contributed by atoms with van der Waals surface area (Å²) >= 11 is 8.46. The molecule has 2 aromatic carbocycles. The lowest BCUT2D eigenvalue weighted by Crippen LogP contribution is -2.02. The minimum atomic E-state index is 0.771. The standard InChI is InChI=1S/C15H15ClIN/c1-10-3-4-11(2)12(7-10)9-18-15-6-5-13(17)8-14(15)16/h3-8,18H,9H2,1-2H3. The summed E-state index contributed by atoms with van der Waals surface area (Å²) < 4.78 is 1.15. The van der Waals surface area contributed by atoms with E-state index >= 15 is 0 Å². The second-order valence-corrected chi connectivity index (χ2v) is 6.06. The number of halogens is 2. The first-order valence-electron chi connectivity index (χ1n) is 5.81. The van der Waals surface area contributed by atoms with Gasteiger partial charge in [-0.3, -0.25) is 0 Å². The Morgan fingerprint density at radius 1 is 1.11 bits per heavy atom. The number of aryl methyl sites for hydroxylation is 2. The summed E-state index contributed by atoms with van der Waals surface area (Å²) in [4.78, 5) is 0. The van der Waals surface area contributed by atoms with Crippen molar-refractivity contribution in [1.29, 1.82) is 0 Å².